The molecule has 0 aliphatic heterocycles. The molecule has 0 aliphatic carbocycles. The van der Waals surface area contributed by atoms with E-state index in [4.69, 9.17) is 14.2 Å². The number of fused-ring (bicyclic) bond motifs is 1. The summed E-state index contributed by atoms with van der Waals surface area (Å²) in [6.07, 6.45) is 0.0285. The number of aromatic nitrogens is 2. The fourth-order valence-corrected chi connectivity index (χ4v) is 2.89. The molecule has 0 spiro atoms. The second-order valence-corrected chi connectivity index (χ2v) is 6.18. The molecule has 9 heteroatoms. The van der Waals surface area contributed by atoms with Crippen molar-refractivity contribution >= 4 is 22.8 Å². The van der Waals surface area contributed by atoms with Gasteiger partial charge in [-0.25, -0.2) is 4.98 Å². The molecule has 0 bridgehead atoms. The maximum absolute atomic E-state index is 12.2. The molecule has 2 amide bonds. The highest BCUT2D eigenvalue weighted by atomic mass is 16.5. The number of methoxy groups -OCH3 is 3. The second-order valence-electron chi connectivity index (χ2n) is 6.18. The minimum Gasteiger partial charge on any atom is -0.493 e. The number of hydrazine groups is 1. The van der Waals surface area contributed by atoms with Gasteiger partial charge < -0.3 is 19.2 Å². The molecule has 0 fully saturated rings. The molecule has 2 aromatic carbocycles. The monoisotopic (exact) mass is 398 g/mol. The van der Waals surface area contributed by atoms with Gasteiger partial charge in [0, 0.05) is 0 Å². The number of para-hydroxylation sites is 2. The Bertz CT molecular complexity index is 973. The zero-order chi connectivity index (χ0) is 20.8. The van der Waals surface area contributed by atoms with Gasteiger partial charge in [-0.3, -0.25) is 20.4 Å². The molecule has 3 aromatic rings. The van der Waals surface area contributed by atoms with Gasteiger partial charge in [-0.15, -0.1) is 0 Å². The Labute approximate surface area is 167 Å². The van der Waals surface area contributed by atoms with E-state index >= 15 is 0 Å². The Balaban J connectivity index is 1.57. The Morgan fingerprint density at radius 3 is 2.14 bits per heavy atom. The van der Waals surface area contributed by atoms with E-state index in [1.54, 1.807) is 12.1 Å². The third kappa shape index (κ3) is 4.75. The summed E-state index contributed by atoms with van der Waals surface area (Å²) in [5.41, 5.74) is 7.06. The van der Waals surface area contributed by atoms with Crippen molar-refractivity contribution in [2.75, 3.05) is 21.3 Å². The molecule has 0 atom stereocenters. The topological polar surface area (TPSA) is 115 Å². The number of nitrogens with zero attached hydrogens (tertiary/aromatic N) is 1. The van der Waals surface area contributed by atoms with Gasteiger partial charge in [-0.1, -0.05) is 12.1 Å². The second kappa shape index (κ2) is 8.96. The van der Waals surface area contributed by atoms with Crippen molar-refractivity contribution in [3.63, 3.8) is 0 Å². The molecular formula is C20H22N4O5. The number of ether oxygens (including phenoxy) is 3. The normalized spacial score (nSPS) is 10.4. The predicted molar refractivity (Wildman–Crippen MR) is 106 cm³/mol. The van der Waals surface area contributed by atoms with Gasteiger partial charge in [0.15, 0.2) is 11.5 Å². The molecule has 3 rings (SSSR count). The Hall–Kier alpha value is -3.75. The first-order chi connectivity index (χ1) is 14.0. The van der Waals surface area contributed by atoms with Crippen molar-refractivity contribution in [1.82, 2.24) is 20.8 Å². The minimum atomic E-state index is -0.391. The van der Waals surface area contributed by atoms with Gasteiger partial charge in [0.2, 0.25) is 17.6 Å². The van der Waals surface area contributed by atoms with Crippen LogP contribution in [0.25, 0.3) is 11.0 Å². The van der Waals surface area contributed by atoms with Crippen molar-refractivity contribution in [2.45, 2.75) is 12.8 Å². The molecule has 0 saturated carbocycles. The van der Waals surface area contributed by atoms with Gasteiger partial charge in [-0.05, 0) is 29.8 Å². The number of rotatable bonds is 7. The quantitative estimate of drug-likeness (QED) is 0.520. The van der Waals surface area contributed by atoms with Crippen molar-refractivity contribution < 1.29 is 23.8 Å². The highest BCUT2D eigenvalue weighted by Crippen LogP contribution is 2.38. The summed E-state index contributed by atoms with van der Waals surface area (Å²) in [5, 5.41) is 0. The minimum absolute atomic E-state index is 0.0130. The number of aromatic amines is 1. The standard InChI is InChI=1S/C20H22N4O5/c1-27-15-8-12(9-16(28-2)20(15)29-3)10-18(25)23-24-19(26)11-17-21-13-6-4-5-7-14(13)22-17/h4-9H,10-11H2,1-3H3,(H,21,22)(H,23,25)(H,24,26). The lowest BCUT2D eigenvalue weighted by atomic mass is 10.1. The lowest BCUT2D eigenvalue weighted by molar-refractivity contribution is -0.128. The zero-order valence-electron chi connectivity index (χ0n) is 16.4. The van der Waals surface area contributed by atoms with E-state index in [0.29, 0.717) is 28.6 Å². The van der Waals surface area contributed by atoms with Crippen LogP contribution < -0.4 is 25.1 Å². The highest BCUT2D eigenvalue weighted by Gasteiger charge is 2.15. The van der Waals surface area contributed by atoms with E-state index in [9.17, 15) is 9.59 Å². The van der Waals surface area contributed by atoms with Gasteiger partial charge in [-0.2, -0.15) is 0 Å². The summed E-state index contributed by atoms with van der Waals surface area (Å²) in [5.74, 6) is 1.08. The van der Waals surface area contributed by atoms with Crippen molar-refractivity contribution in [2.24, 2.45) is 0 Å². The number of nitrogens with one attached hydrogen (secondary N) is 3. The molecular weight excluding hydrogens is 376 g/mol. The SMILES string of the molecule is COc1cc(CC(=O)NNC(=O)Cc2nc3ccccc3[nH]2)cc(OC)c1OC. The van der Waals surface area contributed by atoms with Crippen LogP contribution in [0.1, 0.15) is 11.4 Å². The first-order valence-corrected chi connectivity index (χ1v) is 8.84. The van der Waals surface area contributed by atoms with E-state index in [1.807, 2.05) is 24.3 Å². The number of amides is 2. The predicted octanol–water partition coefficient (Wildman–Crippen LogP) is 1.52. The molecule has 0 radical (unpaired) electrons. The van der Waals surface area contributed by atoms with Crippen molar-refractivity contribution in [3.05, 3.63) is 47.8 Å². The molecule has 1 aromatic heterocycles. The first-order valence-electron chi connectivity index (χ1n) is 8.84. The average Bonchev–Trinajstić information content (AvgIpc) is 3.13. The third-order valence-corrected chi connectivity index (χ3v) is 4.20. The van der Waals surface area contributed by atoms with Crippen LogP contribution in [0.4, 0.5) is 0 Å². The van der Waals surface area contributed by atoms with Crippen molar-refractivity contribution in [1.29, 1.82) is 0 Å². The molecule has 29 heavy (non-hydrogen) atoms. The number of H-pyrrole nitrogens is 1. The molecule has 152 valence electrons. The molecule has 9 nitrogen and oxygen atoms in total. The number of hydrogen-bond acceptors (Lipinski definition) is 6. The lowest BCUT2D eigenvalue weighted by Crippen LogP contribution is -2.43. The summed E-state index contributed by atoms with van der Waals surface area (Å²) in [4.78, 5) is 31.7. The molecule has 0 saturated heterocycles. The summed E-state index contributed by atoms with van der Waals surface area (Å²) < 4.78 is 15.8. The average molecular weight is 398 g/mol. The fourth-order valence-electron chi connectivity index (χ4n) is 2.89. The maximum Gasteiger partial charge on any atom is 0.245 e. The number of carbonyl (C=O) groups excluding carboxylic acids is 2. The van der Waals surface area contributed by atoms with Gasteiger partial charge in [0.1, 0.15) is 5.82 Å². The van der Waals surface area contributed by atoms with Gasteiger partial charge in [0.25, 0.3) is 0 Å². The summed E-state index contributed by atoms with van der Waals surface area (Å²) in [6.45, 7) is 0. The highest BCUT2D eigenvalue weighted by molar-refractivity contribution is 5.85. The molecule has 0 unspecified atom stereocenters. The summed E-state index contributed by atoms with van der Waals surface area (Å²) in [6, 6.07) is 10.8. The number of imidazole rings is 1. The Morgan fingerprint density at radius 2 is 1.55 bits per heavy atom. The molecule has 1 heterocycles. The van der Waals surface area contributed by atoms with Crippen LogP contribution in [0.15, 0.2) is 36.4 Å². The van der Waals surface area contributed by atoms with Crippen LogP contribution in [0.3, 0.4) is 0 Å². The van der Waals surface area contributed by atoms with E-state index < -0.39 is 5.91 Å². The molecule has 3 N–H and O–H groups in total. The third-order valence-electron chi connectivity index (χ3n) is 4.20. The largest absolute Gasteiger partial charge is 0.493 e. The Morgan fingerprint density at radius 1 is 0.931 bits per heavy atom. The van der Waals surface area contributed by atoms with Crippen LogP contribution in [0.5, 0.6) is 17.2 Å². The summed E-state index contributed by atoms with van der Waals surface area (Å²) in [7, 11) is 4.50. The van der Waals surface area contributed by atoms with Crippen LogP contribution >= 0.6 is 0 Å². The first kappa shape index (κ1) is 20.0. The van der Waals surface area contributed by atoms with Crippen LogP contribution in [-0.4, -0.2) is 43.1 Å². The number of hydrogen-bond donors (Lipinski definition) is 3. The number of carbonyl (C=O) groups is 2. The summed E-state index contributed by atoms with van der Waals surface area (Å²) >= 11 is 0. The lowest BCUT2D eigenvalue weighted by Gasteiger charge is -2.14. The van der Waals surface area contributed by atoms with E-state index in [0.717, 1.165) is 11.0 Å². The van der Waals surface area contributed by atoms with E-state index in [1.165, 1.54) is 21.3 Å². The molecule has 0 aliphatic rings. The number of benzene rings is 2. The van der Waals surface area contributed by atoms with Crippen LogP contribution in [-0.2, 0) is 22.4 Å². The fraction of sp³-hybridized carbons (Fsp3) is 0.250. The van der Waals surface area contributed by atoms with Crippen LogP contribution in [0.2, 0.25) is 0 Å². The smallest absolute Gasteiger partial charge is 0.245 e. The van der Waals surface area contributed by atoms with Gasteiger partial charge in [0.05, 0.1) is 45.2 Å². The van der Waals surface area contributed by atoms with Crippen molar-refractivity contribution in [3.8, 4) is 17.2 Å². The zero-order valence-corrected chi connectivity index (χ0v) is 16.4. The van der Waals surface area contributed by atoms with E-state index in [2.05, 4.69) is 20.8 Å². The Kier molecular flexibility index (Phi) is 6.18. The maximum atomic E-state index is 12.2. The van der Waals surface area contributed by atoms with E-state index in [-0.39, 0.29) is 18.7 Å². The van der Waals surface area contributed by atoms with Gasteiger partial charge >= 0.3 is 0 Å². The van der Waals surface area contributed by atoms with Crippen LogP contribution in [0, 0.1) is 0 Å².